The molecule has 33 heavy (non-hydrogen) atoms. The molecule has 0 aliphatic heterocycles. The van der Waals surface area contributed by atoms with Crippen molar-refractivity contribution in [1.29, 1.82) is 0 Å². The first-order valence-corrected chi connectivity index (χ1v) is 14.4. The highest BCUT2D eigenvalue weighted by Gasteiger charge is 2.56. The molecule has 10 heteroatoms. The largest absolute Gasteiger partial charge is 0.395 e. The SMILES string of the molecule is COC1CC[C@@H](c2c(C)nc3sc(C(O)(C4CC4)C4CC4)nn23)CC1S(=O)(=O)C(C)(C)CO. The molecule has 3 atom stereocenters. The van der Waals surface area contributed by atoms with E-state index in [1.165, 1.54) is 11.3 Å². The van der Waals surface area contributed by atoms with E-state index in [1.807, 2.05) is 11.4 Å². The molecule has 184 valence electrons. The van der Waals surface area contributed by atoms with Gasteiger partial charge in [0.2, 0.25) is 4.96 Å². The zero-order valence-electron chi connectivity index (χ0n) is 19.8. The summed E-state index contributed by atoms with van der Waals surface area (Å²) < 4.78 is 33.1. The van der Waals surface area contributed by atoms with Crippen molar-refractivity contribution in [1.82, 2.24) is 14.6 Å². The lowest BCUT2D eigenvalue weighted by atomic mass is 9.84. The maximum atomic E-state index is 13.5. The third kappa shape index (κ3) is 3.67. The fourth-order valence-electron chi connectivity index (χ4n) is 5.67. The summed E-state index contributed by atoms with van der Waals surface area (Å²) in [4.78, 5) is 5.53. The third-order valence-electron chi connectivity index (χ3n) is 8.13. The standard InChI is InChI=1S/C23H35N3O5S2/c1-13-19(14-5-10-17(31-4)18(11-14)33(29,30)22(2,3)12-27)26-21(24-13)32-20(25-26)23(28,15-6-7-15)16-8-9-16/h14-18,27-28H,5-12H2,1-4H3/t14-,17?,18?/m1/s1. The molecule has 2 aromatic rings. The molecule has 0 amide bonds. The molecule has 2 aromatic heterocycles. The highest BCUT2D eigenvalue weighted by molar-refractivity contribution is 7.93. The Balaban J connectivity index is 1.51. The van der Waals surface area contributed by atoms with Crippen molar-refractivity contribution < 1.29 is 23.4 Å². The second kappa shape index (κ2) is 7.98. The summed E-state index contributed by atoms with van der Waals surface area (Å²) in [5.41, 5.74) is 0.958. The number of aliphatic hydroxyl groups excluding tert-OH is 1. The molecule has 2 unspecified atom stereocenters. The smallest absolute Gasteiger partial charge is 0.212 e. The Kier molecular flexibility index (Phi) is 5.72. The third-order valence-corrected chi connectivity index (χ3v) is 12.1. The van der Waals surface area contributed by atoms with E-state index in [4.69, 9.17) is 14.8 Å². The number of nitrogens with zero attached hydrogens (tertiary/aromatic N) is 3. The van der Waals surface area contributed by atoms with Crippen LogP contribution in [-0.4, -0.2) is 63.0 Å². The number of aromatic nitrogens is 3. The molecule has 3 saturated carbocycles. The van der Waals surface area contributed by atoms with Crippen molar-refractivity contribution in [3.63, 3.8) is 0 Å². The van der Waals surface area contributed by atoms with Gasteiger partial charge >= 0.3 is 0 Å². The Morgan fingerprint density at radius 2 is 1.79 bits per heavy atom. The second-order valence-corrected chi connectivity index (χ2v) is 14.6. The topological polar surface area (TPSA) is 114 Å². The van der Waals surface area contributed by atoms with Crippen LogP contribution in [0.25, 0.3) is 4.96 Å². The summed E-state index contributed by atoms with van der Waals surface area (Å²) in [5, 5.41) is 26.3. The number of aryl methyl sites for hydroxylation is 1. The van der Waals surface area contributed by atoms with Gasteiger partial charge in [0.25, 0.3) is 0 Å². The molecule has 0 saturated heterocycles. The van der Waals surface area contributed by atoms with Gasteiger partial charge in [0.15, 0.2) is 9.84 Å². The molecule has 8 nitrogen and oxygen atoms in total. The van der Waals surface area contributed by atoms with Gasteiger partial charge in [-0.25, -0.2) is 17.9 Å². The van der Waals surface area contributed by atoms with Crippen LogP contribution in [0.15, 0.2) is 0 Å². The Morgan fingerprint density at radius 3 is 2.33 bits per heavy atom. The van der Waals surface area contributed by atoms with Crippen LogP contribution in [0, 0.1) is 18.8 Å². The number of fused-ring (bicyclic) bond motifs is 1. The van der Waals surface area contributed by atoms with Crippen LogP contribution in [0.3, 0.4) is 0 Å². The molecule has 3 aliphatic carbocycles. The van der Waals surface area contributed by atoms with Crippen molar-refractivity contribution in [2.75, 3.05) is 13.7 Å². The predicted molar refractivity (Wildman–Crippen MR) is 126 cm³/mol. The first-order valence-electron chi connectivity index (χ1n) is 12.0. The number of methoxy groups -OCH3 is 1. The van der Waals surface area contributed by atoms with Gasteiger partial charge in [0.05, 0.1) is 34.1 Å². The van der Waals surface area contributed by atoms with E-state index < -0.39 is 38.1 Å². The summed E-state index contributed by atoms with van der Waals surface area (Å²) in [6.07, 6.45) is 5.57. The molecule has 3 aliphatic rings. The maximum Gasteiger partial charge on any atom is 0.212 e. The summed E-state index contributed by atoms with van der Waals surface area (Å²) in [5.74, 6) is 0.543. The van der Waals surface area contributed by atoms with Gasteiger partial charge in [-0.15, -0.1) is 0 Å². The normalized spacial score (nSPS) is 27.4. The molecule has 0 radical (unpaired) electrons. The van der Waals surface area contributed by atoms with Crippen molar-refractivity contribution in [3.8, 4) is 0 Å². The van der Waals surface area contributed by atoms with Crippen LogP contribution in [0.4, 0.5) is 0 Å². The number of ether oxygens (including phenoxy) is 1. The minimum absolute atomic E-state index is 0.0365. The summed E-state index contributed by atoms with van der Waals surface area (Å²) >= 11 is 1.47. The maximum absolute atomic E-state index is 13.5. The lowest BCUT2D eigenvalue weighted by Gasteiger charge is -2.38. The molecule has 3 fully saturated rings. The van der Waals surface area contributed by atoms with Crippen LogP contribution in [0.5, 0.6) is 0 Å². The minimum Gasteiger partial charge on any atom is -0.395 e. The van der Waals surface area contributed by atoms with Crippen molar-refractivity contribution in [3.05, 3.63) is 16.4 Å². The fraction of sp³-hybridized carbons (Fsp3) is 0.826. The van der Waals surface area contributed by atoms with E-state index in [-0.39, 0.29) is 17.8 Å². The van der Waals surface area contributed by atoms with Crippen LogP contribution in [0.2, 0.25) is 0 Å². The van der Waals surface area contributed by atoms with Gasteiger partial charge in [-0.2, -0.15) is 5.10 Å². The zero-order chi connectivity index (χ0) is 23.8. The minimum atomic E-state index is -3.65. The molecule has 0 aromatic carbocycles. The molecule has 2 heterocycles. The first-order chi connectivity index (χ1) is 15.5. The van der Waals surface area contributed by atoms with E-state index in [9.17, 15) is 18.6 Å². The number of hydrogen-bond acceptors (Lipinski definition) is 8. The van der Waals surface area contributed by atoms with Gasteiger partial charge in [-0.05, 0) is 77.6 Å². The predicted octanol–water partition coefficient (Wildman–Crippen LogP) is 2.94. The average molecular weight is 498 g/mol. The quantitative estimate of drug-likeness (QED) is 0.576. The zero-order valence-corrected chi connectivity index (χ0v) is 21.5. The molecule has 5 rings (SSSR count). The highest BCUT2D eigenvalue weighted by atomic mass is 32.2. The second-order valence-electron chi connectivity index (χ2n) is 10.8. The van der Waals surface area contributed by atoms with E-state index in [1.54, 1.807) is 21.0 Å². The van der Waals surface area contributed by atoms with Crippen LogP contribution >= 0.6 is 11.3 Å². The number of hydrogen-bond donors (Lipinski definition) is 2. The first kappa shape index (κ1) is 23.7. The van der Waals surface area contributed by atoms with Crippen LogP contribution in [-0.2, 0) is 20.2 Å². The van der Waals surface area contributed by atoms with Crippen molar-refractivity contribution in [2.45, 2.75) is 93.3 Å². The summed E-state index contributed by atoms with van der Waals surface area (Å²) in [7, 11) is -2.09. The highest BCUT2D eigenvalue weighted by Crippen LogP contribution is 2.58. The van der Waals surface area contributed by atoms with Gasteiger partial charge in [-0.3, -0.25) is 0 Å². The summed E-state index contributed by atoms with van der Waals surface area (Å²) in [6, 6.07) is 0. The number of sulfone groups is 1. The average Bonchev–Trinajstić information content (AvgIpc) is 3.70. The van der Waals surface area contributed by atoms with E-state index in [0.717, 1.165) is 53.5 Å². The van der Waals surface area contributed by atoms with Crippen LogP contribution in [0.1, 0.15) is 81.1 Å². The van der Waals surface area contributed by atoms with Gasteiger partial charge in [0.1, 0.15) is 10.6 Å². The fourth-order valence-corrected chi connectivity index (χ4v) is 9.00. The monoisotopic (exact) mass is 497 g/mol. The molecule has 0 bridgehead atoms. The van der Waals surface area contributed by atoms with Gasteiger partial charge in [0, 0.05) is 13.0 Å². The lowest BCUT2D eigenvalue weighted by molar-refractivity contribution is -0.0112. The number of aliphatic hydroxyl groups is 2. The van der Waals surface area contributed by atoms with Crippen LogP contribution < -0.4 is 0 Å². The van der Waals surface area contributed by atoms with Crippen molar-refractivity contribution in [2.24, 2.45) is 11.8 Å². The number of rotatable bonds is 8. The van der Waals surface area contributed by atoms with E-state index in [2.05, 4.69) is 0 Å². The molecule has 2 N–H and O–H groups in total. The molecular formula is C23H35N3O5S2. The Hall–Kier alpha value is -1.07. The molecule has 0 spiro atoms. The van der Waals surface area contributed by atoms with E-state index in [0.29, 0.717) is 12.8 Å². The van der Waals surface area contributed by atoms with Crippen molar-refractivity contribution >= 4 is 26.1 Å². The molecular weight excluding hydrogens is 462 g/mol. The lowest BCUT2D eigenvalue weighted by Crippen LogP contribution is -2.50. The number of imidazole rings is 1. The Morgan fingerprint density at radius 1 is 1.15 bits per heavy atom. The van der Waals surface area contributed by atoms with E-state index >= 15 is 0 Å². The Labute approximate surface area is 199 Å². The van der Waals surface area contributed by atoms with Gasteiger partial charge in [-0.1, -0.05) is 11.3 Å². The Bertz CT molecular complexity index is 1130. The van der Waals surface area contributed by atoms with Gasteiger partial charge < -0.3 is 14.9 Å². The summed E-state index contributed by atoms with van der Waals surface area (Å²) in [6.45, 7) is 4.67.